The Balaban J connectivity index is 1.37. The van der Waals surface area contributed by atoms with Crippen molar-refractivity contribution < 1.29 is 14.4 Å². The Hall–Kier alpha value is -2.84. The van der Waals surface area contributed by atoms with E-state index in [9.17, 15) is 14.4 Å². The zero-order chi connectivity index (χ0) is 18.1. The van der Waals surface area contributed by atoms with Gasteiger partial charge >= 0.3 is 0 Å². The summed E-state index contributed by atoms with van der Waals surface area (Å²) >= 11 is 3.12. The molecule has 3 aromatic rings. The quantitative estimate of drug-likeness (QED) is 0.687. The first-order valence-electron chi connectivity index (χ1n) is 7.83. The summed E-state index contributed by atoms with van der Waals surface area (Å²) in [6, 6.07) is 10.5. The molecule has 0 bridgehead atoms. The maximum absolute atomic E-state index is 12.3. The van der Waals surface area contributed by atoms with Gasteiger partial charge in [0.2, 0.25) is 5.91 Å². The smallest absolute Gasteiger partial charge is 0.262 e. The number of amides is 3. The minimum atomic E-state index is -0.436. The molecule has 3 heterocycles. The van der Waals surface area contributed by atoms with Gasteiger partial charge in [0.15, 0.2) is 0 Å². The second-order valence-electron chi connectivity index (χ2n) is 5.64. The van der Waals surface area contributed by atoms with Crippen LogP contribution in [0.4, 0.5) is 0 Å². The summed E-state index contributed by atoms with van der Waals surface area (Å²) in [5.41, 5.74) is 1.42. The zero-order valence-electron chi connectivity index (χ0n) is 13.5. The zero-order valence-corrected chi connectivity index (χ0v) is 15.1. The largest absolute Gasteiger partial charge is 0.349 e. The van der Waals surface area contributed by atoms with Crippen LogP contribution in [-0.4, -0.2) is 34.2 Å². The summed E-state index contributed by atoms with van der Waals surface area (Å²) in [7, 11) is 0. The number of thiazole rings is 1. The molecule has 1 N–H and O–H groups in total. The van der Waals surface area contributed by atoms with Crippen molar-refractivity contribution in [3.05, 3.63) is 64.0 Å². The van der Waals surface area contributed by atoms with Gasteiger partial charge in [-0.05, 0) is 23.6 Å². The summed E-state index contributed by atoms with van der Waals surface area (Å²) in [5.74, 6) is -1.27. The molecule has 6 nitrogen and oxygen atoms in total. The molecule has 4 rings (SSSR count). The van der Waals surface area contributed by atoms with Crippen LogP contribution in [0, 0.1) is 0 Å². The summed E-state index contributed by atoms with van der Waals surface area (Å²) < 4.78 is 0. The third-order valence-corrected chi connectivity index (χ3v) is 5.86. The molecule has 0 unspecified atom stereocenters. The maximum atomic E-state index is 12.3. The molecule has 8 heteroatoms. The molecule has 0 atom stereocenters. The first-order chi connectivity index (χ1) is 12.6. The molecular weight excluding hydrogens is 370 g/mol. The third kappa shape index (κ3) is 3.04. The predicted octanol–water partition coefficient (Wildman–Crippen LogP) is 2.78. The number of nitrogens with zero attached hydrogens (tertiary/aromatic N) is 2. The maximum Gasteiger partial charge on any atom is 0.262 e. The van der Waals surface area contributed by atoms with Crippen LogP contribution < -0.4 is 5.32 Å². The Morgan fingerprint density at radius 3 is 2.42 bits per heavy atom. The van der Waals surface area contributed by atoms with Gasteiger partial charge in [-0.25, -0.2) is 4.98 Å². The van der Waals surface area contributed by atoms with Crippen LogP contribution in [0.1, 0.15) is 26.4 Å². The molecular formula is C18H13N3O3S2. The van der Waals surface area contributed by atoms with Crippen molar-refractivity contribution in [2.75, 3.05) is 6.54 Å². The molecule has 3 amide bonds. The van der Waals surface area contributed by atoms with E-state index in [0.717, 1.165) is 20.5 Å². The van der Waals surface area contributed by atoms with Crippen LogP contribution >= 0.6 is 22.7 Å². The van der Waals surface area contributed by atoms with Gasteiger partial charge in [-0.1, -0.05) is 18.2 Å². The van der Waals surface area contributed by atoms with E-state index >= 15 is 0 Å². The van der Waals surface area contributed by atoms with Gasteiger partial charge in [-0.2, -0.15) is 0 Å². The molecule has 26 heavy (non-hydrogen) atoms. The standard InChI is InChI=1S/C18H13N3O3S2/c22-15(9-21-17(23)12-4-1-2-5-13(12)18(21)24)19-8-11-10-26-16(20-11)14-6-3-7-25-14/h1-7,10H,8-9H2,(H,19,22). The SMILES string of the molecule is O=C(CN1C(=O)c2ccccc2C1=O)NCc1csc(-c2cccs2)n1. The Labute approximate surface area is 157 Å². The van der Waals surface area contributed by atoms with E-state index in [1.165, 1.54) is 11.3 Å². The van der Waals surface area contributed by atoms with E-state index in [0.29, 0.717) is 11.1 Å². The fourth-order valence-corrected chi connectivity index (χ4v) is 4.31. The van der Waals surface area contributed by atoms with Crippen molar-refractivity contribution in [1.82, 2.24) is 15.2 Å². The lowest BCUT2D eigenvalue weighted by Gasteiger charge is -2.13. The van der Waals surface area contributed by atoms with Crippen LogP contribution in [0.2, 0.25) is 0 Å². The minimum Gasteiger partial charge on any atom is -0.349 e. The van der Waals surface area contributed by atoms with Crippen LogP contribution in [-0.2, 0) is 11.3 Å². The Morgan fingerprint density at radius 2 is 1.77 bits per heavy atom. The fraction of sp³-hybridized carbons (Fsp3) is 0.111. The lowest BCUT2D eigenvalue weighted by atomic mass is 10.1. The predicted molar refractivity (Wildman–Crippen MR) is 99.1 cm³/mol. The first-order valence-corrected chi connectivity index (χ1v) is 9.59. The number of imide groups is 1. The second-order valence-corrected chi connectivity index (χ2v) is 7.45. The summed E-state index contributed by atoms with van der Waals surface area (Å²) in [5, 5.41) is 7.49. The van der Waals surface area contributed by atoms with E-state index in [4.69, 9.17) is 0 Å². The minimum absolute atomic E-state index is 0.254. The molecule has 0 saturated carbocycles. The molecule has 1 aliphatic heterocycles. The molecule has 0 saturated heterocycles. The highest BCUT2D eigenvalue weighted by molar-refractivity contribution is 7.20. The monoisotopic (exact) mass is 383 g/mol. The highest BCUT2D eigenvalue weighted by Gasteiger charge is 2.36. The summed E-state index contributed by atoms with van der Waals surface area (Å²) in [6.07, 6.45) is 0. The fourth-order valence-electron chi connectivity index (χ4n) is 2.67. The number of benzene rings is 1. The highest BCUT2D eigenvalue weighted by Crippen LogP contribution is 2.27. The molecule has 1 aliphatic rings. The number of rotatable bonds is 5. The molecule has 0 spiro atoms. The van der Waals surface area contributed by atoms with Crippen LogP contribution in [0.5, 0.6) is 0 Å². The van der Waals surface area contributed by atoms with Gasteiger partial charge < -0.3 is 5.32 Å². The van der Waals surface area contributed by atoms with E-state index < -0.39 is 17.7 Å². The lowest BCUT2D eigenvalue weighted by molar-refractivity contribution is -0.121. The number of carbonyl (C=O) groups excluding carboxylic acids is 3. The Kier molecular flexibility index (Phi) is 4.36. The first kappa shape index (κ1) is 16.6. The molecule has 2 aromatic heterocycles. The van der Waals surface area contributed by atoms with Crippen molar-refractivity contribution in [2.24, 2.45) is 0 Å². The highest BCUT2D eigenvalue weighted by atomic mass is 32.1. The van der Waals surface area contributed by atoms with Crippen LogP contribution in [0.15, 0.2) is 47.2 Å². The van der Waals surface area contributed by atoms with Crippen molar-refractivity contribution in [3.8, 4) is 9.88 Å². The number of hydrogen-bond donors (Lipinski definition) is 1. The number of thiophene rings is 1. The van der Waals surface area contributed by atoms with Gasteiger partial charge in [-0.3, -0.25) is 19.3 Å². The Bertz CT molecular complexity index is 960. The average Bonchev–Trinajstić information content (AvgIpc) is 3.38. The Morgan fingerprint density at radius 1 is 1.04 bits per heavy atom. The van der Waals surface area contributed by atoms with Crippen LogP contribution in [0.25, 0.3) is 9.88 Å². The average molecular weight is 383 g/mol. The lowest BCUT2D eigenvalue weighted by Crippen LogP contribution is -2.40. The van der Waals surface area contributed by atoms with Crippen molar-refractivity contribution in [1.29, 1.82) is 0 Å². The number of fused-ring (bicyclic) bond motifs is 1. The second kappa shape index (κ2) is 6.81. The molecule has 0 aliphatic carbocycles. The molecule has 0 radical (unpaired) electrons. The number of nitrogens with one attached hydrogen (secondary N) is 1. The number of hydrogen-bond acceptors (Lipinski definition) is 6. The van der Waals surface area contributed by atoms with E-state index in [-0.39, 0.29) is 13.1 Å². The number of aromatic nitrogens is 1. The van der Waals surface area contributed by atoms with Crippen molar-refractivity contribution >= 4 is 40.4 Å². The van der Waals surface area contributed by atoms with E-state index in [1.807, 2.05) is 22.9 Å². The van der Waals surface area contributed by atoms with Gasteiger partial charge in [0.05, 0.1) is 28.2 Å². The van der Waals surface area contributed by atoms with E-state index in [1.54, 1.807) is 35.6 Å². The van der Waals surface area contributed by atoms with Crippen molar-refractivity contribution in [3.63, 3.8) is 0 Å². The molecule has 0 fully saturated rings. The topological polar surface area (TPSA) is 79.4 Å². The van der Waals surface area contributed by atoms with Gasteiger partial charge in [0.25, 0.3) is 11.8 Å². The molecule has 1 aromatic carbocycles. The van der Waals surface area contributed by atoms with Gasteiger partial charge in [0, 0.05) is 5.38 Å². The summed E-state index contributed by atoms with van der Waals surface area (Å²) in [4.78, 5) is 43.2. The van der Waals surface area contributed by atoms with Crippen molar-refractivity contribution in [2.45, 2.75) is 6.54 Å². The summed E-state index contributed by atoms with van der Waals surface area (Å²) in [6.45, 7) is -0.0435. The van der Waals surface area contributed by atoms with E-state index in [2.05, 4.69) is 10.3 Å². The van der Waals surface area contributed by atoms with Gasteiger partial charge in [-0.15, -0.1) is 22.7 Å². The molecule has 130 valence electrons. The normalized spacial score (nSPS) is 13.2. The third-order valence-electron chi connectivity index (χ3n) is 3.93. The van der Waals surface area contributed by atoms with Gasteiger partial charge in [0.1, 0.15) is 11.6 Å². The van der Waals surface area contributed by atoms with Crippen LogP contribution in [0.3, 0.4) is 0 Å². The number of carbonyl (C=O) groups is 3.